The van der Waals surface area contributed by atoms with Gasteiger partial charge in [-0.2, -0.15) is 13.2 Å². The molecule has 1 aromatic rings. The fraction of sp³-hybridized carbons (Fsp3) is 0.607. The van der Waals surface area contributed by atoms with Gasteiger partial charge < -0.3 is 15.0 Å². The van der Waals surface area contributed by atoms with Gasteiger partial charge in [0.25, 0.3) is 11.8 Å². The van der Waals surface area contributed by atoms with Gasteiger partial charge in [0, 0.05) is 23.7 Å². The monoisotopic (exact) mass is 520 g/mol. The van der Waals surface area contributed by atoms with E-state index >= 15 is 13.2 Å². The van der Waals surface area contributed by atoms with Crippen LogP contribution in [0.1, 0.15) is 89.4 Å². The lowest BCUT2D eigenvalue weighted by atomic mass is 9.72. The first-order valence-corrected chi connectivity index (χ1v) is 13.0. The highest BCUT2D eigenvalue weighted by Crippen LogP contribution is 2.53. The zero-order chi connectivity index (χ0) is 27.2. The van der Waals surface area contributed by atoms with Crippen LogP contribution in [0.4, 0.5) is 13.2 Å². The van der Waals surface area contributed by atoms with Crippen LogP contribution < -0.4 is 10.1 Å². The summed E-state index contributed by atoms with van der Waals surface area (Å²) >= 11 is 0. The topological polar surface area (TPSA) is 75.7 Å². The predicted molar refractivity (Wildman–Crippen MR) is 132 cm³/mol. The molecule has 2 amide bonds. The van der Waals surface area contributed by atoms with Crippen LogP contribution in [0, 0.1) is 5.41 Å². The smallest absolute Gasteiger partial charge is 0.425 e. The predicted octanol–water partition coefficient (Wildman–Crippen LogP) is 5.71. The van der Waals surface area contributed by atoms with Crippen LogP contribution in [-0.2, 0) is 9.59 Å². The number of nitrogens with one attached hydrogen (secondary N) is 1. The number of alkyl halides is 3. The molecule has 1 unspecified atom stereocenters. The number of ether oxygens (including phenoxy) is 1. The number of hydrogen-bond acceptors (Lipinski definition) is 4. The number of nitrogens with zero attached hydrogens (tertiary/aromatic N) is 1. The Bertz CT molecular complexity index is 1100. The van der Waals surface area contributed by atoms with E-state index in [-0.39, 0.29) is 30.2 Å². The van der Waals surface area contributed by atoms with Crippen LogP contribution >= 0.6 is 0 Å². The Balaban J connectivity index is 1.79. The second-order valence-corrected chi connectivity index (χ2v) is 11.5. The van der Waals surface area contributed by atoms with E-state index in [1.165, 1.54) is 29.2 Å². The Morgan fingerprint density at radius 1 is 1.03 bits per heavy atom. The minimum absolute atomic E-state index is 0.0637. The Morgan fingerprint density at radius 3 is 2.16 bits per heavy atom. The van der Waals surface area contributed by atoms with E-state index in [0.717, 1.165) is 25.7 Å². The van der Waals surface area contributed by atoms with Gasteiger partial charge in [0.2, 0.25) is 5.54 Å². The third-order valence-electron chi connectivity index (χ3n) is 7.46. The van der Waals surface area contributed by atoms with Crippen LogP contribution in [-0.4, -0.2) is 46.4 Å². The lowest BCUT2D eigenvalue weighted by Gasteiger charge is -2.36. The van der Waals surface area contributed by atoms with Crippen molar-refractivity contribution in [1.29, 1.82) is 0 Å². The van der Waals surface area contributed by atoms with E-state index in [2.05, 4.69) is 0 Å². The lowest BCUT2D eigenvalue weighted by molar-refractivity contribution is -0.191. The van der Waals surface area contributed by atoms with Crippen LogP contribution in [0.15, 0.2) is 35.5 Å². The highest BCUT2D eigenvalue weighted by Gasteiger charge is 2.72. The third kappa shape index (κ3) is 5.01. The first-order chi connectivity index (χ1) is 17.3. The Hall–Kier alpha value is -2.84. The number of ketones is 1. The zero-order valence-electron chi connectivity index (χ0n) is 21.8. The van der Waals surface area contributed by atoms with Crippen molar-refractivity contribution < 1.29 is 32.3 Å². The van der Waals surface area contributed by atoms with Gasteiger partial charge in [0.05, 0.1) is 11.7 Å². The summed E-state index contributed by atoms with van der Waals surface area (Å²) in [5.41, 5.74) is -4.56. The van der Waals surface area contributed by atoms with Crippen molar-refractivity contribution in [2.45, 2.75) is 103 Å². The average Bonchev–Trinajstić information content (AvgIpc) is 2.93. The molecule has 4 rings (SSSR count). The summed E-state index contributed by atoms with van der Waals surface area (Å²) in [6.07, 6.45) is -0.678. The first kappa shape index (κ1) is 27.2. The Morgan fingerprint density at radius 2 is 1.62 bits per heavy atom. The summed E-state index contributed by atoms with van der Waals surface area (Å²) in [7, 11) is 0. The first-order valence-electron chi connectivity index (χ1n) is 13.0. The summed E-state index contributed by atoms with van der Waals surface area (Å²) in [5.74, 6) is -2.62. The van der Waals surface area contributed by atoms with Gasteiger partial charge in [-0.3, -0.25) is 14.4 Å². The van der Waals surface area contributed by atoms with Crippen molar-refractivity contribution in [3.8, 4) is 5.75 Å². The van der Waals surface area contributed by atoms with E-state index in [9.17, 15) is 14.4 Å². The maximum absolute atomic E-state index is 15.0. The molecule has 6 nitrogen and oxygen atoms in total. The van der Waals surface area contributed by atoms with Crippen LogP contribution in [0.3, 0.4) is 0 Å². The van der Waals surface area contributed by atoms with Gasteiger partial charge in [-0.1, -0.05) is 39.5 Å². The fourth-order valence-corrected chi connectivity index (χ4v) is 5.88. The van der Waals surface area contributed by atoms with Gasteiger partial charge in [-0.05, 0) is 62.8 Å². The standard InChI is InChI=1S/C28H35F3N2O4/c1-17(2)37-20-13-11-18(12-14-20)24(35)32-27(28(29,30)31)23-21(15-26(3,4)16-22(23)34)33(25(27)36)19-9-7-5-6-8-10-19/h11-14,17,19H,5-10,15-16H2,1-4H3,(H,32,35). The minimum Gasteiger partial charge on any atom is -0.491 e. The molecule has 9 heteroatoms. The fourth-order valence-electron chi connectivity index (χ4n) is 5.88. The highest BCUT2D eigenvalue weighted by molar-refractivity contribution is 6.14. The Labute approximate surface area is 215 Å². The number of Topliss-reactive ketones (excluding diaryl/α,β-unsaturated/α-hetero) is 1. The van der Waals surface area contributed by atoms with E-state index in [4.69, 9.17) is 4.74 Å². The number of hydrogen-bond donors (Lipinski definition) is 1. The van der Waals surface area contributed by atoms with E-state index in [1.807, 2.05) is 33.0 Å². The molecule has 1 N–H and O–H groups in total. The number of rotatable bonds is 5. The second-order valence-electron chi connectivity index (χ2n) is 11.5. The normalized spacial score (nSPS) is 24.8. The van der Waals surface area contributed by atoms with Gasteiger partial charge in [-0.25, -0.2) is 0 Å². The quantitative estimate of drug-likeness (QED) is 0.505. The van der Waals surface area contributed by atoms with Crippen LogP contribution in [0.2, 0.25) is 0 Å². The largest absolute Gasteiger partial charge is 0.491 e. The maximum Gasteiger partial charge on any atom is 0.425 e. The molecule has 202 valence electrons. The van der Waals surface area contributed by atoms with Gasteiger partial charge in [0.1, 0.15) is 5.75 Å². The molecule has 0 spiro atoms. The summed E-state index contributed by atoms with van der Waals surface area (Å²) in [5, 5.41) is 2.03. The highest BCUT2D eigenvalue weighted by atomic mass is 19.4. The van der Waals surface area contributed by atoms with Gasteiger partial charge >= 0.3 is 6.18 Å². The average molecular weight is 521 g/mol. The van der Waals surface area contributed by atoms with Gasteiger partial charge in [-0.15, -0.1) is 0 Å². The molecule has 1 aromatic carbocycles. The van der Waals surface area contributed by atoms with E-state index < -0.39 is 46.3 Å². The van der Waals surface area contributed by atoms with E-state index in [1.54, 1.807) is 0 Å². The van der Waals surface area contributed by atoms with Crippen molar-refractivity contribution >= 4 is 17.6 Å². The zero-order valence-corrected chi connectivity index (χ0v) is 21.8. The van der Waals surface area contributed by atoms with E-state index in [0.29, 0.717) is 18.6 Å². The molecule has 2 aliphatic carbocycles. The number of carbonyl (C=O) groups is 3. The molecule has 0 bridgehead atoms. The number of benzene rings is 1. The molecule has 1 aliphatic heterocycles. The van der Waals surface area contributed by atoms with Crippen LogP contribution in [0.5, 0.6) is 5.75 Å². The molecule has 3 aliphatic rings. The molecular weight excluding hydrogens is 485 g/mol. The molecular formula is C28H35F3N2O4. The SMILES string of the molecule is CC(C)Oc1ccc(C(=O)NC2(C(F)(F)F)C(=O)N(C3CCCCCC3)C3=C2C(=O)CC(C)(C)C3)cc1. The number of allylic oxidation sites excluding steroid dienone is 1. The molecule has 1 saturated carbocycles. The third-order valence-corrected chi connectivity index (χ3v) is 7.46. The molecule has 1 heterocycles. The van der Waals surface area contributed by atoms with Crippen LogP contribution in [0.25, 0.3) is 0 Å². The number of carbonyl (C=O) groups excluding carboxylic acids is 3. The maximum atomic E-state index is 15.0. The summed E-state index contributed by atoms with van der Waals surface area (Å²) in [6, 6.07) is 5.24. The van der Waals surface area contributed by atoms with Crippen molar-refractivity contribution in [1.82, 2.24) is 10.2 Å². The van der Waals surface area contributed by atoms with Gasteiger partial charge in [0.15, 0.2) is 5.78 Å². The number of halogens is 3. The van der Waals surface area contributed by atoms with Crippen molar-refractivity contribution in [2.75, 3.05) is 0 Å². The molecule has 37 heavy (non-hydrogen) atoms. The Kier molecular flexibility index (Phi) is 7.20. The molecule has 0 saturated heterocycles. The van der Waals surface area contributed by atoms with Crippen molar-refractivity contribution in [3.63, 3.8) is 0 Å². The van der Waals surface area contributed by atoms with Crippen molar-refractivity contribution in [2.24, 2.45) is 5.41 Å². The minimum atomic E-state index is -5.21. The lowest BCUT2D eigenvalue weighted by Crippen LogP contribution is -2.66. The summed E-state index contributed by atoms with van der Waals surface area (Å²) in [4.78, 5) is 41.7. The molecule has 0 aromatic heterocycles. The molecule has 1 fully saturated rings. The number of amides is 2. The summed E-state index contributed by atoms with van der Waals surface area (Å²) in [6.45, 7) is 7.29. The summed E-state index contributed by atoms with van der Waals surface area (Å²) < 4.78 is 50.7. The van der Waals surface area contributed by atoms with Crippen molar-refractivity contribution in [3.05, 3.63) is 41.1 Å². The molecule has 0 radical (unpaired) electrons. The second kappa shape index (κ2) is 9.80. The molecule has 1 atom stereocenters.